The number of carboxylic acid groups (broad SMARTS) is 1. The van der Waals surface area contributed by atoms with Crippen LogP contribution in [-0.4, -0.2) is 45.3 Å². The number of nitrogens with zero attached hydrogens (tertiary/aromatic N) is 1. The fraction of sp³-hybridized carbons (Fsp3) is 0.467. The Kier molecular flexibility index (Phi) is 3.55. The summed E-state index contributed by atoms with van der Waals surface area (Å²) in [6.07, 6.45) is 2.77. The van der Waals surface area contributed by atoms with Crippen molar-refractivity contribution in [3.8, 4) is 0 Å². The number of piperidine rings is 1. The lowest BCUT2D eigenvalue weighted by atomic mass is 10.0. The molecule has 0 aromatic heterocycles. The number of hydrogen-bond donors (Lipinski definition) is 3. The van der Waals surface area contributed by atoms with E-state index in [0.29, 0.717) is 18.5 Å². The van der Waals surface area contributed by atoms with Crippen LogP contribution in [0.1, 0.15) is 36.0 Å². The number of rotatable bonds is 2. The van der Waals surface area contributed by atoms with Crippen LogP contribution in [0.25, 0.3) is 0 Å². The molecule has 3 rings (SSSR count). The van der Waals surface area contributed by atoms with Gasteiger partial charge in [0.25, 0.3) is 0 Å². The SMILES string of the molecule is O=C(O)c1cccc(NC(=O)N2C3CCC2CC(O)C3)c1. The number of fused-ring (bicyclic) bond motifs is 2. The smallest absolute Gasteiger partial charge is 0.335 e. The van der Waals surface area contributed by atoms with Gasteiger partial charge in [-0.1, -0.05) is 6.07 Å². The molecule has 0 spiro atoms. The van der Waals surface area contributed by atoms with Gasteiger partial charge in [0.15, 0.2) is 0 Å². The molecule has 2 bridgehead atoms. The fourth-order valence-electron chi connectivity index (χ4n) is 3.40. The second-order valence-corrected chi connectivity index (χ2v) is 5.73. The van der Waals surface area contributed by atoms with E-state index >= 15 is 0 Å². The normalized spacial score (nSPS) is 27.5. The van der Waals surface area contributed by atoms with Crippen molar-refractivity contribution >= 4 is 17.7 Å². The Hall–Kier alpha value is -2.08. The maximum absolute atomic E-state index is 12.4. The van der Waals surface area contributed by atoms with Crippen molar-refractivity contribution in [1.29, 1.82) is 0 Å². The topological polar surface area (TPSA) is 89.9 Å². The number of nitrogens with one attached hydrogen (secondary N) is 1. The molecule has 1 aromatic carbocycles. The van der Waals surface area contributed by atoms with Crippen molar-refractivity contribution in [2.45, 2.75) is 43.9 Å². The maximum Gasteiger partial charge on any atom is 0.335 e. The summed E-state index contributed by atoms with van der Waals surface area (Å²) < 4.78 is 0. The summed E-state index contributed by atoms with van der Waals surface area (Å²) in [7, 11) is 0. The van der Waals surface area contributed by atoms with Crippen LogP contribution in [-0.2, 0) is 0 Å². The number of aromatic carboxylic acids is 1. The van der Waals surface area contributed by atoms with Gasteiger partial charge in [-0.3, -0.25) is 0 Å². The van der Waals surface area contributed by atoms with Crippen molar-refractivity contribution in [3.05, 3.63) is 29.8 Å². The number of carboxylic acids is 1. The van der Waals surface area contributed by atoms with E-state index in [2.05, 4.69) is 5.32 Å². The predicted octanol–water partition coefficient (Wildman–Crippen LogP) is 1.90. The molecule has 2 atom stereocenters. The molecule has 21 heavy (non-hydrogen) atoms. The van der Waals surface area contributed by atoms with Gasteiger partial charge in [-0.05, 0) is 43.9 Å². The first-order valence-corrected chi connectivity index (χ1v) is 7.15. The van der Waals surface area contributed by atoms with Gasteiger partial charge < -0.3 is 20.4 Å². The minimum atomic E-state index is -1.02. The van der Waals surface area contributed by atoms with Crippen LogP contribution in [0.15, 0.2) is 24.3 Å². The first kappa shape index (κ1) is 13.9. The first-order valence-electron chi connectivity index (χ1n) is 7.15. The lowest BCUT2D eigenvalue weighted by Crippen LogP contribution is -2.49. The molecule has 2 saturated heterocycles. The zero-order valence-electron chi connectivity index (χ0n) is 11.5. The minimum Gasteiger partial charge on any atom is -0.478 e. The quantitative estimate of drug-likeness (QED) is 0.776. The van der Waals surface area contributed by atoms with Gasteiger partial charge in [0.1, 0.15) is 0 Å². The molecule has 2 amide bonds. The molecule has 2 unspecified atom stereocenters. The third kappa shape index (κ3) is 2.71. The number of hydrogen-bond acceptors (Lipinski definition) is 3. The van der Waals surface area contributed by atoms with Crippen molar-refractivity contribution in [1.82, 2.24) is 4.90 Å². The van der Waals surface area contributed by atoms with Gasteiger partial charge >= 0.3 is 12.0 Å². The van der Waals surface area contributed by atoms with Crippen LogP contribution in [0, 0.1) is 0 Å². The van der Waals surface area contributed by atoms with E-state index < -0.39 is 5.97 Å². The molecule has 0 aliphatic carbocycles. The summed E-state index contributed by atoms with van der Waals surface area (Å²) >= 11 is 0. The lowest BCUT2D eigenvalue weighted by Gasteiger charge is -2.37. The van der Waals surface area contributed by atoms with Crippen molar-refractivity contribution in [3.63, 3.8) is 0 Å². The third-order valence-electron chi connectivity index (χ3n) is 4.30. The standard InChI is InChI=1S/C15H18N2O4/c18-13-7-11-4-5-12(8-13)17(11)15(21)16-10-3-1-2-9(6-10)14(19)20/h1-3,6,11-13,18H,4-5,7-8H2,(H,16,21)(H,19,20). The molecule has 0 saturated carbocycles. The summed E-state index contributed by atoms with van der Waals surface area (Å²) in [5.41, 5.74) is 0.621. The van der Waals surface area contributed by atoms with E-state index in [-0.39, 0.29) is 29.8 Å². The molecule has 0 radical (unpaired) electrons. The Morgan fingerprint density at radius 2 is 1.86 bits per heavy atom. The summed E-state index contributed by atoms with van der Waals surface area (Å²) in [5, 5.41) is 21.5. The van der Waals surface area contributed by atoms with Crippen LogP contribution in [0.5, 0.6) is 0 Å². The van der Waals surface area contributed by atoms with Gasteiger partial charge in [0.05, 0.1) is 11.7 Å². The Labute approximate surface area is 122 Å². The number of urea groups is 1. The number of benzene rings is 1. The highest BCUT2D eigenvalue weighted by atomic mass is 16.4. The van der Waals surface area contributed by atoms with Gasteiger partial charge in [-0.15, -0.1) is 0 Å². The van der Waals surface area contributed by atoms with Gasteiger partial charge in [0, 0.05) is 17.8 Å². The largest absolute Gasteiger partial charge is 0.478 e. The predicted molar refractivity (Wildman–Crippen MR) is 76.3 cm³/mol. The zero-order valence-corrected chi connectivity index (χ0v) is 11.5. The van der Waals surface area contributed by atoms with E-state index in [0.717, 1.165) is 12.8 Å². The number of carbonyl (C=O) groups excluding carboxylic acids is 1. The summed E-state index contributed by atoms with van der Waals surface area (Å²) in [5.74, 6) is -1.02. The summed E-state index contributed by atoms with van der Waals surface area (Å²) in [6.45, 7) is 0. The molecule has 2 aliphatic rings. The monoisotopic (exact) mass is 290 g/mol. The fourth-order valence-corrected chi connectivity index (χ4v) is 3.40. The van der Waals surface area contributed by atoms with Gasteiger partial charge in [-0.2, -0.15) is 0 Å². The zero-order chi connectivity index (χ0) is 15.0. The van der Waals surface area contributed by atoms with Crippen molar-refractivity contribution in [2.24, 2.45) is 0 Å². The molecule has 2 fully saturated rings. The van der Waals surface area contributed by atoms with Crippen LogP contribution < -0.4 is 5.32 Å². The van der Waals surface area contributed by atoms with Crippen molar-refractivity contribution < 1.29 is 19.8 Å². The second kappa shape index (κ2) is 5.37. The number of amides is 2. The third-order valence-corrected chi connectivity index (χ3v) is 4.30. The first-order chi connectivity index (χ1) is 10.0. The average Bonchev–Trinajstić information content (AvgIpc) is 2.71. The van der Waals surface area contributed by atoms with Gasteiger partial charge in [0.2, 0.25) is 0 Å². The molecule has 1 aromatic rings. The molecule has 3 N–H and O–H groups in total. The average molecular weight is 290 g/mol. The number of aliphatic hydroxyl groups excluding tert-OH is 1. The van der Waals surface area contributed by atoms with Gasteiger partial charge in [-0.25, -0.2) is 9.59 Å². The van der Waals surface area contributed by atoms with Crippen LogP contribution >= 0.6 is 0 Å². The van der Waals surface area contributed by atoms with E-state index in [1.165, 1.54) is 12.1 Å². The highest BCUT2D eigenvalue weighted by Crippen LogP contribution is 2.36. The molecular formula is C15H18N2O4. The Morgan fingerprint density at radius 1 is 1.19 bits per heavy atom. The number of carbonyl (C=O) groups is 2. The number of anilines is 1. The van der Waals surface area contributed by atoms with E-state index in [4.69, 9.17) is 5.11 Å². The highest BCUT2D eigenvalue weighted by molar-refractivity contribution is 5.93. The van der Waals surface area contributed by atoms with Crippen molar-refractivity contribution in [2.75, 3.05) is 5.32 Å². The van der Waals surface area contributed by atoms with E-state index in [1.807, 2.05) is 0 Å². The Bertz CT molecular complexity index is 561. The molecule has 112 valence electrons. The maximum atomic E-state index is 12.4. The van der Waals surface area contributed by atoms with Crippen LogP contribution in [0.4, 0.5) is 10.5 Å². The molecule has 6 heteroatoms. The molecule has 2 heterocycles. The molecular weight excluding hydrogens is 272 g/mol. The summed E-state index contributed by atoms with van der Waals surface area (Å²) in [4.78, 5) is 25.1. The van der Waals surface area contributed by atoms with E-state index in [9.17, 15) is 14.7 Å². The van der Waals surface area contributed by atoms with Crippen LogP contribution in [0.2, 0.25) is 0 Å². The van der Waals surface area contributed by atoms with Crippen LogP contribution in [0.3, 0.4) is 0 Å². The number of aliphatic hydroxyl groups is 1. The Morgan fingerprint density at radius 3 is 2.48 bits per heavy atom. The van der Waals surface area contributed by atoms with E-state index in [1.54, 1.807) is 17.0 Å². The highest BCUT2D eigenvalue weighted by Gasteiger charge is 2.42. The molecule has 2 aliphatic heterocycles. The summed E-state index contributed by atoms with van der Waals surface area (Å²) in [6, 6.07) is 6.16. The second-order valence-electron chi connectivity index (χ2n) is 5.73. The molecule has 6 nitrogen and oxygen atoms in total. The minimum absolute atomic E-state index is 0.0846. The lowest BCUT2D eigenvalue weighted by molar-refractivity contribution is 0.0579. The Balaban J connectivity index is 1.72.